The van der Waals surface area contributed by atoms with E-state index in [1.165, 1.54) is 0 Å². The van der Waals surface area contributed by atoms with Gasteiger partial charge in [0, 0.05) is 23.2 Å². The van der Waals surface area contributed by atoms with Crippen LogP contribution in [0.5, 0.6) is 0 Å². The van der Waals surface area contributed by atoms with Crippen LogP contribution < -0.4 is 11.1 Å². The van der Waals surface area contributed by atoms with Crippen molar-refractivity contribution in [1.29, 1.82) is 5.41 Å². The number of nitrogens with two attached hydrogens (primary N) is 1. The second-order valence-corrected chi connectivity index (χ2v) is 5.45. The Bertz CT molecular complexity index is 770. The highest BCUT2D eigenvalue weighted by molar-refractivity contribution is 6.06. The van der Waals surface area contributed by atoms with Crippen molar-refractivity contribution in [3.63, 3.8) is 0 Å². The predicted molar refractivity (Wildman–Crippen MR) is 96.8 cm³/mol. The molecule has 0 radical (unpaired) electrons. The third-order valence-corrected chi connectivity index (χ3v) is 3.57. The number of hydrogen-bond acceptors (Lipinski definition) is 4. The first-order valence-electron chi connectivity index (χ1n) is 8.00. The van der Waals surface area contributed by atoms with E-state index < -0.39 is 0 Å². The van der Waals surface area contributed by atoms with E-state index in [1.54, 1.807) is 43.3 Å². The maximum absolute atomic E-state index is 12.3. The standard InChI is InChI=1S/C19H21N3O3/c1-2-25-17(23)11-8-13-6-9-16(10-7-13)22-19(24)15-5-3-4-14(12-15)18(20)21/h3-7,9-10,12H,2,8,11H2,1H3,(H3,20,21)(H,22,24). The molecule has 0 spiro atoms. The van der Waals surface area contributed by atoms with Gasteiger partial charge >= 0.3 is 5.97 Å². The number of benzene rings is 2. The number of hydrogen-bond donors (Lipinski definition) is 3. The lowest BCUT2D eigenvalue weighted by Crippen LogP contribution is -2.15. The normalized spacial score (nSPS) is 10.1. The summed E-state index contributed by atoms with van der Waals surface area (Å²) in [5.41, 5.74) is 8.01. The van der Waals surface area contributed by atoms with Crippen LogP contribution in [0.2, 0.25) is 0 Å². The summed E-state index contributed by atoms with van der Waals surface area (Å²) in [4.78, 5) is 23.6. The zero-order chi connectivity index (χ0) is 18.2. The van der Waals surface area contributed by atoms with Gasteiger partial charge in [0.15, 0.2) is 0 Å². The summed E-state index contributed by atoms with van der Waals surface area (Å²) in [6.45, 7) is 2.16. The second kappa shape index (κ2) is 8.63. The van der Waals surface area contributed by atoms with Crippen LogP contribution >= 0.6 is 0 Å². The van der Waals surface area contributed by atoms with Gasteiger partial charge < -0.3 is 15.8 Å². The molecule has 2 aromatic carbocycles. The zero-order valence-corrected chi connectivity index (χ0v) is 14.0. The van der Waals surface area contributed by atoms with Gasteiger partial charge in [0.05, 0.1) is 6.61 Å². The molecule has 6 nitrogen and oxygen atoms in total. The molecule has 4 N–H and O–H groups in total. The molecule has 1 amide bonds. The molecule has 0 fully saturated rings. The maximum atomic E-state index is 12.3. The van der Waals surface area contributed by atoms with E-state index in [9.17, 15) is 9.59 Å². The summed E-state index contributed by atoms with van der Waals surface area (Å²) in [6.07, 6.45) is 0.922. The number of aryl methyl sites for hydroxylation is 1. The van der Waals surface area contributed by atoms with E-state index in [0.29, 0.717) is 36.3 Å². The number of carbonyl (C=O) groups excluding carboxylic acids is 2. The summed E-state index contributed by atoms with van der Waals surface area (Å²) in [6, 6.07) is 13.9. The minimum absolute atomic E-state index is 0.0828. The van der Waals surface area contributed by atoms with Gasteiger partial charge in [0.25, 0.3) is 5.91 Å². The SMILES string of the molecule is CCOC(=O)CCc1ccc(NC(=O)c2cccc(C(=N)N)c2)cc1. The summed E-state index contributed by atoms with van der Waals surface area (Å²) in [7, 11) is 0. The molecule has 0 saturated heterocycles. The van der Waals surface area contributed by atoms with Crippen LogP contribution in [0.3, 0.4) is 0 Å². The highest BCUT2D eigenvalue weighted by Gasteiger charge is 2.08. The maximum Gasteiger partial charge on any atom is 0.306 e. The van der Waals surface area contributed by atoms with Crippen LogP contribution in [0.1, 0.15) is 34.8 Å². The smallest absolute Gasteiger partial charge is 0.306 e. The Kier molecular flexibility index (Phi) is 6.28. The van der Waals surface area contributed by atoms with Gasteiger partial charge in [-0.25, -0.2) is 0 Å². The average molecular weight is 339 g/mol. The highest BCUT2D eigenvalue weighted by atomic mass is 16.5. The molecule has 0 bridgehead atoms. The fraction of sp³-hybridized carbons (Fsp3) is 0.211. The Labute approximate surface area is 146 Å². The van der Waals surface area contributed by atoms with Crippen molar-refractivity contribution >= 4 is 23.4 Å². The third kappa shape index (κ3) is 5.46. The van der Waals surface area contributed by atoms with E-state index in [-0.39, 0.29) is 17.7 Å². The predicted octanol–water partition coefficient (Wildman–Crippen LogP) is 2.72. The topological polar surface area (TPSA) is 105 Å². The summed E-state index contributed by atoms with van der Waals surface area (Å²) >= 11 is 0. The molecule has 0 aliphatic heterocycles. The fourth-order valence-corrected chi connectivity index (χ4v) is 2.27. The molecule has 0 aliphatic rings. The Balaban J connectivity index is 1.96. The number of anilines is 1. The summed E-state index contributed by atoms with van der Waals surface area (Å²) in [5.74, 6) is -0.576. The van der Waals surface area contributed by atoms with Gasteiger partial charge in [-0.3, -0.25) is 15.0 Å². The van der Waals surface area contributed by atoms with Crippen molar-refractivity contribution in [1.82, 2.24) is 0 Å². The van der Waals surface area contributed by atoms with Crippen LogP contribution in [-0.4, -0.2) is 24.3 Å². The van der Waals surface area contributed by atoms with E-state index >= 15 is 0 Å². The fourth-order valence-electron chi connectivity index (χ4n) is 2.27. The Morgan fingerprint density at radius 1 is 1.12 bits per heavy atom. The Hall–Kier alpha value is -3.15. The number of esters is 1. The minimum atomic E-state index is -0.276. The molecule has 0 unspecified atom stereocenters. The lowest BCUT2D eigenvalue weighted by Gasteiger charge is -2.08. The van der Waals surface area contributed by atoms with Crippen molar-refractivity contribution in [3.8, 4) is 0 Å². The molecule has 2 rings (SSSR count). The van der Waals surface area contributed by atoms with Gasteiger partial charge in [-0.15, -0.1) is 0 Å². The van der Waals surface area contributed by atoms with Crippen molar-refractivity contribution in [2.45, 2.75) is 19.8 Å². The van der Waals surface area contributed by atoms with E-state index in [2.05, 4.69) is 5.32 Å². The number of carbonyl (C=O) groups is 2. The minimum Gasteiger partial charge on any atom is -0.466 e. The van der Waals surface area contributed by atoms with Crippen molar-refractivity contribution in [2.24, 2.45) is 5.73 Å². The van der Waals surface area contributed by atoms with E-state index in [4.69, 9.17) is 15.9 Å². The lowest BCUT2D eigenvalue weighted by atomic mass is 10.1. The summed E-state index contributed by atoms with van der Waals surface area (Å²) < 4.78 is 4.90. The molecule has 2 aromatic rings. The molecular formula is C19H21N3O3. The van der Waals surface area contributed by atoms with Crippen LogP contribution in [0.4, 0.5) is 5.69 Å². The van der Waals surface area contributed by atoms with Gasteiger partial charge in [-0.2, -0.15) is 0 Å². The number of amidine groups is 1. The molecule has 6 heteroatoms. The molecule has 0 saturated carbocycles. The van der Waals surface area contributed by atoms with Crippen molar-refractivity contribution in [3.05, 3.63) is 65.2 Å². The Morgan fingerprint density at radius 2 is 1.80 bits per heavy atom. The van der Waals surface area contributed by atoms with Gasteiger partial charge in [0.2, 0.25) is 0 Å². The second-order valence-electron chi connectivity index (χ2n) is 5.45. The van der Waals surface area contributed by atoms with Crippen LogP contribution in [0.15, 0.2) is 48.5 Å². The van der Waals surface area contributed by atoms with Gasteiger partial charge in [-0.1, -0.05) is 24.3 Å². The van der Waals surface area contributed by atoms with Crippen LogP contribution in [0, 0.1) is 5.41 Å². The monoisotopic (exact) mass is 339 g/mol. The molecule has 25 heavy (non-hydrogen) atoms. The van der Waals surface area contributed by atoms with Crippen LogP contribution in [0.25, 0.3) is 0 Å². The van der Waals surface area contributed by atoms with Crippen molar-refractivity contribution in [2.75, 3.05) is 11.9 Å². The van der Waals surface area contributed by atoms with Crippen molar-refractivity contribution < 1.29 is 14.3 Å². The molecule has 130 valence electrons. The van der Waals surface area contributed by atoms with Gasteiger partial charge in [0.1, 0.15) is 5.84 Å². The zero-order valence-electron chi connectivity index (χ0n) is 14.0. The summed E-state index contributed by atoms with van der Waals surface area (Å²) in [5, 5.41) is 10.2. The van der Waals surface area contributed by atoms with E-state index in [1.807, 2.05) is 12.1 Å². The number of rotatable bonds is 7. The first-order valence-corrected chi connectivity index (χ1v) is 8.00. The highest BCUT2D eigenvalue weighted by Crippen LogP contribution is 2.13. The quantitative estimate of drug-likeness (QED) is 0.410. The number of nitrogens with one attached hydrogen (secondary N) is 2. The molecule has 0 aliphatic carbocycles. The largest absolute Gasteiger partial charge is 0.466 e. The molecule has 0 aromatic heterocycles. The lowest BCUT2D eigenvalue weighted by molar-refractivity contribution is -0.143. The van der Waals surface area contributed by atoms with Crippen LogP contribution in [-0.2, 0) is 16.0 Å². The third-order valence-electron chi connectivity index (χ3n) is 3.57. The molecule has 0 heterocycles. The first-order chi connectivity index (χ1) is 12.0. The Morgan fingerprint density at radius 3 is 2.44 bits per heavy atom. The first kappa shape index (κ1) is 18.2. The average Bonchev–Trinajstić information content (AvgIpc) is 2.61. The molecule has 0 atom stereocenters. The van der Waals surface area contributed by atoms with E-state index in [0.717, 1.165) is 5.56 Å². The number of ether oxygens (including phenoxy) is 1. The number of nitrogen functional groups attached to an aromatic ring is 1. The number of amides is 1. The molecular weight excluding hydrogens is 318 g/mol. The van der Waals surface area contributed by atoms with Gasteiger partial charge in [-0.05, 0) is 43.2 Å².